The van der Waals surface area contributed by atoms with Crippen molar-refractivity contribution in [3.8, 4) is 0 Å². The van der Waals surface area contributed by atoms with Crippen molar-refractivity contribution in [1.82, 2.24) is 5.32 Å². The molecule has 1 atom stereocenters. The first kappa shape index (κ1) is 16.3. The molecule has 1 unspecified atom stereocenters. The summed E-state index contributed by atoms with van der Waals surface area (Å²) < 4.78 is 0. The molecule has 1 heterocycles. The minimum absolute atomic E-state index is 0.146. The molecule has 1 aromatic heterocycles. The number of benzene rings is 1. The van der Waals surface area contributed by atoms with Gasteiger partial charge in [0.05, 0.1) is 10.9 Å². The van der Waals surface area contributed by atoms with Crippen molar-refractivity contribution >= 4 is 34.7 Å². The van der Waals surface area contributed by atoms with Crippen molar-refractivity contribution in [3.05, 3.63) is 57.2 Å². The number of hydrogen-bond donors (Lipinski definition) is 2. The average Bonchev–Trinajstić information content (AvgIpc) is 3.02. The first-order valence-corrected chi connectivity index (χ1v) is 7.86. The fourth-order valence-electron chi connectivity index (χ4n) is 1.75. The largest absolute Gasteiger partial charge is 0.384 e. The van der Waals surface area contributed by atoms with E-state index in [-0.39, 0.29) is 24.4 Å². The van der Waals surface area contributed by atoms with E-state index in [1.165, 1.54) is 11.3 Å². The van der Waals surface area contributed by atoms with Gasteiger partial charge in [-0.3, -0.25) is 4.79 Å². The molecule has 5 nitrogen and oxygen atoms in total. The van der Waals surface area contributed by atoms with Gasteiger partial charge in [0, 0.05) is 5.02 Å². The maximum Gasteiger partial charge on any atom is 0.261 e. The number of nitrogens with zero attached hydrogens (tertiary/aromatic N) is 1. The molecule has 2 rings (SSSR count). The number of hydrogen-bond acceptors (Lipinski definition) is 4. The third-order valence-corrected chi connectivity index (χ3v) is 4.02. The Bertz CT molecular complexity index is 641. The molecule has 3 N–H and O–H groups in total. The highest BCUT2D eigenvalue weighted by Gasteiger charge is 2.10. The SMILES string of the molecule is CC(NC(=O)CO/N=C(\N)c1cccs1)c1ccc(Cl)cc1. The van der Waals surface area contributed by atoms with Gasteiger partial charge >= 0.3 is 0 Å². The second-order valence-corrected chi connectivity index (χ2v) is 5.95. The molecule has 0 saturated heterocycles. The lowest BCUT2D eigenvalue weighted by Gasteiger charge is -2.13. The minimum Gasteiger partial charge on any atom is -0.384 e. The van der Waals surface area contributed by atoms with Crippen LogP contribution in [-0.2, 0) is 9.63 Å². The van der Waals surface area contributed by atoms with Crippen LogP contribution < -0.4 is 11.1 Å². The van der Waals surface area contributed by atoms with Gasteiger partial charge in [-0.2, -0.15) is 0 Å². The first-order chi connectivity index (χ1) is 10.6. The fraction of sp³-hybridized carbons (Fsp3) is 0.200. The van der Waals surface area contributed by atoms with E-state index in [0.717, 1.165) is 10.4 Å². The van der Waals surface area contributed by atoms with Gasteiger partial charge in [-0.1, -0.05) is 35.0 Å². The molecule has 0 saturated carbocycles. The maximum absolute atomic E-state index is 11.8. The Labute approximate surface area is 137 Å². The van der Waals surface area contributed by atoms with Gasteiger partial charge in [-0.25, -0.2) is 0 Å². The smallest absolute Gasteiger partial charge is 0.261 e. The molecular formula is C15H16ClN3O2S. The topological polar surface area (TPSA) is 76.7 Å². The Morgan fingerprint density at radius 3 is 2.77 bits per heavy atom. The Balaban J connectivity index is 1.80. The summed E-state index contributed by atoms with van der Waals surface area (Å²) in [5, 5.41) is 9.08. The van der Waals surface area contributed by atoms with Crippen LogP contribution in [-0.4, -0.2) is 18.3 Å². The van der Waals surface area contributed by atoms with Gasteiger partial charge in [0.1, 0.15) is 0 Å². The monoisotopic (exact) mass is 337 g/mol. The van der Waals surface area contributed by atoms with E-state index in [0.29, 0.717) is 5.02 Å². The van der Waals surface area contributed by atoms with Crippen LogP contribution in [0.2, 0.25) is 5.02 Å². The number of oxime groups is 1. The number of carbonyl (C=O) groups excluding carboxylic acids is 1. The molecule has 22 heavy (non-hydrogen) atoms. The molecule has 1 aromatic carbocycles. The van der Waals surface area contributed by atoms with Crippen molar-refractivity contribution in [1.29, 1.82) is 0 Å². The van der Waals surface area contributed by atoms with Crippen LogP contribution in [0, 0.1) is 0 Å². The summed E-state index contributed by atoms with van der Waals surface area (Å²) in [5.41, 5.74) is 6.68. The molecule has 2 aromatic rings. The molecule has 7 heteroatoms. The van der Waals surface area contributed by atoms with Crippen molar-refractivity contribution in [2.45, 2.75) is 13.0 Å². The second-order valence-electron chi connectivity index (χ2n) is 4.57. The maximum atomic E-state index is 11.8. The zero-order chi connectivity index (χ0) is 15.9. The van der Waals surface area contributed by atoms with Crippen LogP contribution in [0.3, 0.4) is 0 Å². The second kappa shape index (κ2) is 7.82. The lowest BCUT2D eigenvalue weighted by molar-refractivity contribution is -0.126. The number of nitrogens with one attached hydrogen (secondary N) is 1. The third-order valence-electron chi connectivity index (χ3n) is 2.88. The number of thiophene rings is 1. The minimum atomic E-state index is -0.273. The third kappa shape index (κ3) is 4.75. The lowest BCUT2D eigenvalue weighted by atomic mass is 10.1. The normalized spacial score (nSPS) is 12.7. The molecule has 0 bridgehead atoms. The number of rotatable bonds is 6. The van der Waals surface area contributed by atoms with E-state index in [4.69, 9.17) is 22.2 Å². The molecule has 0 radical (unpaired) electrons. The molecular weight excluding hydrogens is 322 g/mol. The summed E-state index contributed by atoms with van der Waals surface area (Å²) in [4.78, 5) is 17.6. The van der Waals surface area contributed by atoms with E-state index in [1.807, 2.05) is 36.6 Å². The van der Waals surface area contributed by atoms with Crippen LogP contribution >= 0.6 is 22.9 Å². The highest BCUT2D eigenvalue weighted by atomic mass is 35.5. The van der Waals surface area contributed by atoms with E-state index >= 15 is 0 Å². The summed E-state index contributed by atoms with van der Waals surface area (Å²) in [6.07, 6.45) is 0. The summed E-state index contributed by atoms with van der Waals surface area (Å²) in [7, 11) is 0. The number of amidine groups is 1. The Morgan fingerprint density at radius 1 is 1.41 bits per heavy atom. The van der Waals surface area contributed by atoms with E-state index in [9.17, 15) is 4.79 Å². The summed E-state index contributed by atoms with van der Waals surface area (Å²) in [6, 6.07) is 10.8. The molecule has 0 aliphatic carbocycles. The van der Waals surface area contributed by atoms with E-state index in [2.05, 4.69) is 10.5 Å². The molecule has 1 amide bonds. The Kier molecular flexibility index (Phi) is 5.80. The van der Waals surface area contributed by atoms with Crippen molar-refractivity contribution in [2.75, 3.05) is 6.61 Å². The standard InChI is InChI=1S/C15H16ClN3O2S/c1-10(11-4-6-12(16)7-5-11)18-14(20)9-21-19-15(17)13-3-2-8-22-13/h2-8,10H,9H2,1H3,(H2,17,19)(H,18,20). The van der Waals surface area contributed by atoms with Gasteiger partial charge in [0.15, 0.2) is 12.4 Å². The lowest BCUT2D eigenvalue weighted by Crippen LogP contribution is -2.30. The average molecular weight is 338 g/mol. The zero-order valence-corrected chi connectivity index (χ0v) is 13.5. The summed E-state index contributed by atoms with van der Waals surface area (Å²) in [6.45, 7) is 1.69. The van der Waals surface area contributed by atoms with Crippen LogP contribution in [0.25, 0.3) is 0 Å². The Morgan fingerprint density at radius 2 is 2.14 bits per heavy atom. The molecule has 0 aliphatic rings. The number of halogens is 1. The first-order valence-electron chi connectivity index (χ1n) is 6.60. The summed E-state index contributed by atoms with van der Waals surface area (Å²) in [5.74, 6) is -0.0151. The van der Waals surface area contributed by atoms with E-state index in [1.54, 1.807) is 12.1 Å². The van der Waals surface area contributed by atoms with Crippen LogP contribution in [0.5, 0.6) is 0 Å². The highest BCUT2D eigenvalue weighted by Crippen LogP contribution is 2.15. The van der Waals surface area contributed by atoms with Crippen molar-refractivity contribution in [2.24, 2.45) is 10.9 Å². The number of nitrogens with two attached hydrogens (primary N) is 1. The van der Waals surface area contributed by atoms with Crippen LogP contribution in [0.4, 0.5) is 0 Å². The van der Waals surface area contributed by atoms with E-state index < -0.39 is 0 Å². The van der Waals surface area contributed by atoms with Gasteiger partial charge in [-0.05, 0) is 36.1 Å². The van der Waals surface area contributed by atoms with Gasteiger partial charge in [0.2, 0.25) is 0 Å². The van der Waals surface area contributed by atoms with Crippen molar-refractivity contribution < 1.29 is 9.63 Å². The number of amides is 1. The predicted octanol–water partition coefficient (Wildman–Crippen LogP) is 2.92. The molecule has 116 valence electrons. The molecule has 0 spiro atoms. The summed E-state index contributed by atoms with van der Waals surface area (Å²) >= 11 is 7.28. The highest BCUT2D eigenvalue weighted by molar-refractivity contribution is 7.12. The van der Waals surface area contributed by atoms with Crippen LogP contribution in [0.1, 0.15) is 23.4 Å². The Hall–Kier alpha value is -2.05. The zero-order valence-electron chi connectivity index (χ0n) is 12.0. The molecule has 0 aliphatic heterocycles. The van der Waals surface area contributed by atoms with Gasteiger partial charge in [0.25, 0.3) is 5.91 Å². The van der Waals surface area contributed by atoms with Gasteiger partial charge in [-0.15, -0.1) is 11.3 Å². The van der Waals surface area contributed by atoms with Gasteiger partial charge < -0.3 is 15.9 Å². The molecule has 0 fully saturated rings. The quantitative estimate of drug-likeness (QED) is 0.483. The predicted molar refractivity (Wildman–Crippen MR) is 89.0 cm³/mol. The fourth-order valence-corrected chi connectivity index (χ4v) is 2.49. The van der Waals surface area contributed by atoms with Crippen molar-refractivity contribution in [3.63, 3.8) is 0 Å². The van der Waals surface area contributed by atoms with Crippen LogP contribution in [0.15, 0.2) is 46.9 Å². The number of carbonyl (C=O) groups is 1.